The van der Waals surface area contributed by atoms with Crippen LogP contribution >= 0.6 is 11.6 Å². The highest BCUT2D eigenvalue weighted by molar-refractivity contribution is 6.31. The third-order valence-corrected chi connectivity index (χ3v) is 4.72. The topological polar surface area (TPSA) is 58.6 Å². The molecule has 0 radical (unpaired) electrons. The van der Waals surface area contributed by atoms with E-state index < -0.39 is 5.92 Å². The van der Waals surface area contributed by atoms with Crippen LogP contribution in [-0.4, -0.2) is 25.5 Å². The second-order valence-electron chi connectivity index (χ2n) is 6.03. The van der Waals surface area contributed by atoms with Gasteiger partial charge in [-0.3, -0.25) is 9.59 Å². The van der Waals surface area contributed by atoms with Crippen LogP contribution in [0, 0.1) is 12.8 Å². The molecule has 1 fully saturated rings. The number of halogens is 1. The molecule has 0 unspecified atom stereocenters. The maximum Gasteiger partial charge on any atom is 0.229 e. The van der Waals surface area contributed by atoms with Crippen molar-refractivity contribution in [1.82, 2.24) is 0 Å². The molecule has 1 aliphatic rings. The molecule has 25 heavy (non-hydrogen) atoms. The van der Waals surface area contributed by atoms with E-state index in [0.29, 0.717) is 28.7 Å². The summed E-state index contributed by atoms with van der Waals surface area (Å²) in [5, 5.41) is 3.43. The number of nitrogens with zero attached hydrogens (tertiary/aromatic N) is 1. The van der Waals surface area contributed by atoms with Gasteiger partial charge in [0.05, 0.1) is 18.7 Å². The number of aryl methyl sites for hydroxylation is 1. The zero-order chi connectivity index (χ0) is 18.0. The van der Waals surface area contributed by atoms with Crippen molar-refractivity contribution in [3.63, 3.8) is 0 Å². The van der Waals surface area contributed by atoms with Crippen molar-refractivity contribution < 1.29 is 14.3 Å². The molecule has 2 amide bonds. The minimum absolute atomic E-state index is 0.0911. The Kier molecular flexibility index (Phi) is 4.95. The number of methoxy groups -OCH3 is 1. The second-order valence-corrected chi connectivity index (χ2v) is 6.44. The Labute approximate surface area is 151 Å². The summed E-state index contributed by atoms with van der Waals surface area (Å²) in [6.45, 7) is 2.22. The molecule has 0 bridgehead atoms. The molecule has 130 valence electrons. The monoisotopic (exact) mass is 358 g/mol. The van der Waals surface area contributed by atoms with E-state index >= 15 is 0 Å². The van der Waals surface area contributed by atoms with Gasteiger partial charge in [-0.1, -0.05) is 29.8 Å². The highest BCUT2D eigenvalue weighted by Gasteiger charge is 2.36. The quantitative estimate of drug-likeness (QED) is 0.907. The van der Waals surface area contributed by atoms with Gasteiger partial charge in [0.15, 0.2) is 0 Å². The average Bonchev–Trinajstić information content (AvgIpc) is 3.00. The van der Waals surface area contributed by atoms with E-state index in [-0.39, 0.29) is 18.2 Å². The zero-order valence-corrected chi connectivity index (χ0v) is 14.8. The number of nitrogens with one attached hydrogen (secondary N) is 1. The first-order valence-corrected chi connectivity index (χ1v) is 8.38. The van der Waals surface area contributed by atoms with Crippen molar-refractivity contribution in [2.75, 3.05) is 23.9 Å². The first kappa shape index (κ1) is 17.3. The Balaban J connectivity index is 1.73. The molecule has 6 heteroatoms. The summed E-state index contributed by atoms with van der Waals surface area (Å²) in [7, 11) is 1.56. The van der Waals surface area contributed by atoms with Crippen LogP contribution in [0.4, 0.5) is 11.4 Å². The minimum Gasteiger partial charge on any atom is -0.495 e. The molecular formula is C19H19ClN2O3. The van der Waals surface area contributed by atoms with Crippen LogP contribution in [0.15, 0.2) is 42.5 Å². The van der Waals surface area contributed by atoms with Crippen molar-refractivity contribution in [2.24, 2.45) is 5.92 Å². The third kappa shape index (κ3) is 3.61. The maximum absolute atomic E-state index is 12.5. The molecule has 2 aromatic carbocycles. The fourth-order valence-electron chi connectivity index (χ4n) is 2.88. The Morgan fingerprint density at radius 3 is 2.76 bits per heavy atom. The lowest BCUT2D eigenvalue weighted by Gasteiger charge is -2.19. The SMILES string of the molecule is COc1ccccc1N1C[C@H](C(=O)Nc2ccc(C)c(Cl)c2)CC1=O. The highest BCUT2D eigenvalue weighted by atomic mass is 35.5. The molecule has 0 aliphatic carbocycles. The van der Waals surface area contributed by atoms with Crippen molar-refractivity contribution in [2.45, 2.75) is 13.3 Å². The second kappa shape index (κ2) is 7.15. The van der Waals surface area contributed by atoms with Gasteiger partial charge < -0.3 is 15.0 Å². The van der Waals surface area contributed by atoms with Crippen LogP contribution in [-0.2, 0) is 9.59 Å². The molecule has 5 nitrogen and oxygen atoms in total. The largest absolute Gasteiger partial charge is 0.495 e. The molecule has 0 spiro atoms. The number of carbonyl (C=O) groups excluding carboxylic acids is 2. The van der Waals surface area contributed by atoms with Gasteiger partial charge in [0, 0.05) is 23.7 Å². The van der Waals surface area contributed by atoms with E-state index in [4.69, 9.17) is 16.3 Å². The molecule has 1 aliphatic heterocycles. The maximum atomic E-state index is 12.5. The minimum atomic E-state index is -0.419. The molecule has 0 aromatic heterocycles. The molecule has 1 saturated heterocycles. The summed E-state index contributed by atoms with van der Waals surface area (Å²) in [6, 6.07) is 12.7. The smallest absolute Gasteiger partial charge is 0.229 e. The number of rotatable bonds is 4. The highest BCUT2D eigenvalue weighted by Crippen LogP contribution is 2.33. The molecular weight excluding hydrogens is 340 g/mol. The summed E-state index contributed by atoms with van der Waals surface area (Å²) in [4.78, 5) is 26.5. The Morgan fingerprint density at radius 1 is 1.28 bits per heavy atom. The number of para-hydroxylation sites is 2. The van der Waals surface area contributed by atoms with Gasteiger partial charge in [0.1, 0.15) is 5.75 Å². The van der Waals surface area contributed by atoms with Gasteiger partial charge in [-0.25, -0.2) is 0 Å². The first-order valence-electron chi connectivity index (χ1n) is 8.00. The molecule has 3 rings (SSSR count). The van der Waals surface area contributed by atoms with Gasteiger partial charge in [-0.2, -0.15) is 0 Å². The van der Waals surface area contributed by atoms with Crippen LogP contribution in [0.25, 0.3) is 0 Å². The Bertz CT molecular complexity index is 822. The fourth-order valence-corrected chi connectivity index (χ4v) is 3.06. The summed E-state index contributed by atoms with van der Waals surface area (Å²) < 4.78 is 5.31. The van der Waals surface area contributed by atoms with Crippen LogP contribution in [0.2, 0.25) is 5.02 Å². The number of ether oxygens (including phenoxy) is 1. The van der Waals surface area contributed by atoms with E-state index in [2.05, 4.69) is 5.32 Å². The van der Waals surface area contributed by atoms with E-state index in [1.165, 1.54) is 0 Å². The molecule has 1 atom stereocenters. The third-order valence-electron chi connectivity index (χ3n) is 4.31. The first-order chi connectivity index (χ1) is 12.0. The van der Waals surface area contributed by atoms with Crippen molar-refractivity contribution >= 4 is 34.8 Å². The van der Waals surface area contributed by atoms with Crippen LogP contribution < -0.4 is 15.0 Å². The average molecular weight is 359 g/mol. The van der Waals surface area contributed by atoms with Crippen molar-refractivity contribution in [1.29, 1.82) is 0 Å². The van der Waals surface area contributed by atoms with Gasteiger partial charge in [0.25, 0.3) is 0 Å². The normalized spacial score (nSPS) is 16.8. The number of amides is 2. The number of anilines is 2. The summed E-state index contributed by atoms with van der Waals surface area (Å²) in [5.74, 6) is -0.0861. The molecule has 1 N–H and O–H groups in total. The van der Waals surface area contributed by atoms with Crippen LogP contribution in [0.5, 0.6) is 5.75 Å². The Morgan fingerprint density at radius 2 is 2.04 bits per heavy atom. The molecule has 1 heterocycles. The van der Waals surface area contributed by atoms with Crippen molar-refractivity contribution in [3.05, 3.63) is 53.1 Å². The lowest BCUT2D eigenvalue weighted by Crippen LogP contribution is -2.28. The van der Waals surface area contributed by atoms with Gasteiger partial charge in [0.2, 0.25) is 11.8 Å². The molecule has 2 aromatic rings. The van der Waals surface area contributed by atoms with Gasteiger partial charge >= 0.3 is 0 Å². The fraction of sp³-hybridized carbons (Fsp3) is 0.263. The van der Waals surface area contributed by atoms with Crippen LogP contribution in [0.1, 0.15) is 12.0 Å². The van der Waals surface area contributed by atoms with Crippen molar-refractivity contribution in [3.8, 4) is 5.75 Å². The predicted octanol–water partition coefficient (Wildman–Crippen LogP) is 3.65. The summed E-state index contributed by atoms with van der Waals surface area (Å²) >= 11 is 6.09. The van der Waals surface area contributed by atoms with Gasteiger partial charge in [-0.15, -0.1) is 0 Å². The summed E-state index contributed by atoms with van der Waals surface area (Å²) in [5.41, 5.74) is 2.26. The van der Waals surface area contributed by atoms with E-state index in [0.717, 1.165) is 5.56 Å². The zero-order valence-electron chi connectivity index (χ0n) is 14.1. The van der Waals surface area contributed by atoms with E-state index in [9.17, 15) is 9.59 Å². The number of hydrogen-bond acceptors (Lipinski definition) is 3. The summed E-state index contributed by atoms with van der Waals surface area (Å²) in [6.07, 6.45) is 0.170. The number of hydrogen-bond donors (Lipinski definition) is 1. The number of carbonyl (C=O) groups is 2. The number of benzene rings is 2. The lowest BCUT2D eigenvalue weighted by molar-refractivity contribution is -0.122. The molecule has 0 saturated carbocycles. The Hall–Kier alpha value is -2.53. The predicted molar refractivity (Wildman–Crippen MR) is 98.3 cm³/mol. The standard InChI is InChI=1S/C19H19ClN2O3/c1-12-7-8-14(10-15(12)20)21-19(24)13-9-18(23)22(11-13)16-5-3-4-6-17(16)25-2/h3-8,10,13H,9,11H2,1-2H3,(H,21,24)/t13-/m1/s1. The van der Waals surface area contributed by atoms with Crippen LogP contribution in [0.3, 0.4) is 0 Å². The lowest BCUT2D eigenvalue weighted by atomic mass is 10.1. The van der Waals surface area contributed by atoms with E-state index in [1.807, 2.05) is 31.2 Å². The van der Waals surface area contributed by atoms with E-state index in [1.54, 1.807) is 30.2 Å². The van der Waals surface area contributed by atoms with Gasteiger partial charge in [-0.05, 0) is 36.8 Å².